The van der Waals surface area contributed by atoms with Crippen LogP contribution in [0, 0.1) is 6.92 Å². The summed E-state index contributed by atoms with van der Waals surface area (Å²) in [4.78, 5) is 41.1. The smallest absolute Gasteiger partial charge is 0.326 e. The van der Waals surface area contributed by atoms with Gasteiger partial charge in [0, 0.05) is 5.69 Å². The van der Waals surface area contributed by atoms with Crippen LogP contribution in [-0.4, -0.2) is 39.6 Å². The van der Waals surface area contributed by atoms with E-state index in [0.29, 0.717) is 5.69 Å². The molecular weight excluding hydrogens is 304 g/mol. The molecule has 22 heavy (non-hydrogen) atoms. The molecule has 116 valence electrons. The van der Waals surface area contributed by atoms with E-state index in [9.17, 15) is 14.4 Å². The van der Waals surface area contributed by atoms with Crippen molar-refractivity contribution in [2.75, 3.05) is 6.54 Å². The van der Waals surface area contributed by atoms with E-state index < -0.39 is 17.1 Å². The van der Waals surface area contributed by atoms with E-state index in [2.05, 4.69) is 4.98 Å². The summed E-state index contributed by atoms with van der Waals surface area (Å²) in [6, 6.07) is 5.40. The molecule has 2 heterocycles. The van der Waals surface area contributed by atoms with Gasteiger partial charge in [0.2, 0.25) is 0 Å². The predicted molar refractivity (Wildman–Crippen MR) is 82.9 cm³/mol. The summed E-state index contributed by atoms with van der Waals surface area (Å²) >= 11 is 0.794. The van der Waals surface area contributed by atoms with Gasteiger partial charge in [-0.1, -0.05) is 6.07 Å². The number of aromatic nitrogens is 1. The second-order valence-electron chi connectivity index (χ2n) is 5.01. The van der Waals surface area contributed by atoms with Crippen LogP contribution in [0.25, 0.3) is 6.08 Å². The topological polar surface area (TPSA) is 76.6 Å². The molecule has 2 rings (SSSR count). The number of esters is 1. The number of nitrogens with zero attached hydrogens (tertiary/aromatic N) is 2. The fourth-order valence-corrected chi connectivity index (χ4v) is 2.67. The zero-order valence-corrected chi connectivity index (χ0v) is 13.3. The van der Waals surface area contributed by atoms with Gasteiger partial charge in [0.05, 0.1) is 16.7 Å². The predicted octanol–water partition coefficient (Wildman–Crippen LogP) is 2.38. The van der Waals surface area contributed by atoms with E-state index >= 15 is 0 Å². The number of thioether (sulfide) groups is 1. The second-order valence-corrected chi connectivity index (χ2v) is 6.00. The lowest BCUT2D eigenvalue weighted by atomic mass is 10.3. The third-order valence-corrected chi connectivity index (χ3v) is 3.62. The molecule has 0 aliphatic carbocycles. The molecule has 0 N–H and O–H groups in total. The average molecular weight is 320 g/mol. The highest BCUT2D eigenvalue weighted by Crippen LogP contribution is 2.31. The number of rotatable bonds is 4. The summed E-state index contributed by atoms with van der Waals surface area (Å²) in [5.41, 5.74) is 1.41. The largest absolute Gasteiger partial charge is 0.462 e. The highest BCUT2D eigenvalue weighted by molar-refractivity contribution is 8.18. The Morgan fingerprint density at radius 3 is 2.77 bits per heavy atom. The molecule has 0 radical (unpaired) electrons. The van der Waals surface area contributed by atoms with Gasteiger partial charge in [-0.05, 0) is 50.7 Å². The van der Waals surface area contributed by atoms with Crippen LogP contribution < -0.4 is 0 Å². The van der Waals surface area contributed by atoms with Crippen molar-refractivity contribution in [2.24, 2.45) is 0 Å². The third kappa shape index (κ3) is 3.94. The van der Waals surface area contributed by atoms with Gasteiger partial charge in [-0.15, -0.1) is 0 Å². The maximum absolute atomic E-state index is 12.2. The van der Waals surface area contributed by atoms with Crippen LogP contribution in [0.15, 0.2) is 23.1 Å². The fourth-order valence-electron chi connectivity index (χ4n) is 1.84. The number of hydrogen-bond donors (Lipinski definition) is 0. The van der Waals surface area contributed by atoms with Crippen molar-refractivity contribution in [3.8, 4) is 0 Å². The molecule has 0 saturated carbocycles. The molecule has 6 nitrogen and oxygen atoms in total. The first kappa shape index (κ1) is 16.2. The molecule has 1 saturated heterocycles. The maximum atomic E-state index is 12.2. The number of carbonyl (C=O) groups excluding carboxylic acids is 3. The minimum absolute atomic E-state index is 0.250. The quantitative estimate of drug-likeness (QED) is 0.626. The van der Waals surface area contributed by atoms with Crippen molar-refractivity contribution >= 4 is 35.0 Å². The van der Waals surface area contributed by atoms with Crippen LogP contribution in [0.5, 0.6) is 0 Å². The zero-order chi connectivity index (χ0) is 16.3. The Morgan fingerprint density at radius 2 is 2.14 bits per heavy atom. The minimum Gasteiger partial charge on any atom is -0.462 e. The number of hydrogen-bond acceptors (Lipinski definition) is 6. The number of pyridine rings is 1. The van der Waals surface area contributed by atoms with E-state index in [-0.39, 0.29) is 17.6 Å². The van der Waals surface area contributed by atoms with E-state index in [1.54, 1.807) is 26.0 Å². The first-order valence-electron chi connectivity index (χ1n) is 6.75. The summed E-state index contributed by atoms with van der Waals surface area (Å²) in [6.07, 6.45) is 1.26. The normalized spacial score (nSPS) is 16.7. The lowest BCUT2D eigenvalue weighted by Gasteiger charge is -2.13. The Kier molecular flexibility index (Phi) is 4.97. The lowest BCUT2D eigenvalue weighted by Crippen LogP contribution is -2.35. The average Bonchev–Trinajstić information content (AvgIpc) is 2.66. The highest BCUT2D eigenvalue weighted by Gasteiger charge is 2.36. The van der Waals surface area contributed by atoms with Gasteiger partial charge in [-0.3, -0.25) is 24.3 Å². The van der Waals surface area contributed by atoms with Crippen LogP contribution in [0.3, 0.4) is 0 Å². The number of aryl methyl sites for hydroxylation is 1. The van der Waals surface area contributed by atoms with Crippen molar-refractivity contribution < 1.29 is 19.1 Å². The van der Waals surface area contributed by atoms with Gasteiger partial charge in [-0.2, -0.15) is 0 Å². The summed E-state index contributed by atoms with van der Waals surface area (Å²) in [5, 5.41) is -0.482. The molecule has 1 aromatic rings. The molecule has 1 aliphatic heterocycles. The van der Waals surface area contributed by atoms with Gasteiger partial charge >= 0.3 is 5.97 Å². The summed E-state index contributed by atoms with van der Waals surface area (Å²) in [7, 11) is 0. The Bertz CT molecular complexity index is 655. The molecule has 1 aromatic heterocycles. The third-order valence-electron chi connectivity index (χ3n) is 2.72. The van der Waals surface area contributed by atoms with E-state index in [1.807, 2.05) is 19.1 Å². The van der Waals surface area contributed by atoms with Crippen molar-refractivity contribution in [1.29, 1.82) is 0 Å². The first-order chi connectivity index (χ1) is 10.4. The van der Waals surface area contributed by atoms with Crippen LogP contribution >= 0.6 is 11.8 Å². The van der Waals surface area contributed by atoms with Crippen molar-refractivity contribution in [2.45, 2.75) is 26.9 Å². The van der Waals surface area contributed by atoms with Gasteiger partial charge < -0.3 is 4.74 Å². The first-order valence-corrected chi connectivity index (χ1v) is 7.57. The summed E-state index contributed by atoms with van der Waals surface area (Å²) in [6.45, 7) is 4.87. The molecule has 1 aliphatic rings. The fraction of sp³-hybridized carbons (Fsp3) is 0.333. The molecule has 1 fully saturated rings. The number of carbonyl (C=O) groups is 3. The number of imide groups is 1. The van der Waals surface area contributed by atoms with Gasteiger partial charge in [0.25, 0.3) is 11.1 Å². The molecule has 0 unspecified atom stereocenters. The van der Waals surface area contributed by atoms with Gasteiger partial charge in [0.1, 0.15) is 6.54 Å². The van der Waals surface area contributed by atoms with E-state index in [0.717, 1.165) is 22.4 Å². The molecule has 0 aromatic carbocycles. The lowest BCUT2D eigenvalue weighted by molar-refractivity contribution is -0.149. The van der Waals surface area contributed by atoms with Crippen LogP contribution in [0.1, 0.15) is 25.2 Å². The Hall–Kier alpha value is -2.15. The molecule has 0 atom stereocenters. The standard InChI is InChI=1S/C15H16N2O4S/c1-9(2)21-13(18)8-17-14(19)12(22-15(17)20)7-11-6-4-5-10(3)16-11/h4-7,9H,8H2,1-3H3/b12-7+. The Labute approximate surface area is 132 Å². The van der Waals surface area contributed by atoms with E-state index in [4.69, 9.17) is 4.74 Å². The second kappa shape index (κ2) is 6.74. The SMILES string of the molecule is Cc1cccc(/C=C2/SC(=O)N(CC(=O)OC(C)C)C2=O)n1. The van der Waals surface area contributed by atoms with Crippen LogP contribution in [0.4, 0.5) is 4.79 Å². The van der Waals surface area contributed by atoms with E-state index in [1.165, 1.54) is 0 Å². The molecule has 7 heteroatoms. The minimum atomic E-state index is -0.604. The Balaban J connectivity index is 2.13. The molecular formula is C15H16N2O4S. The van der Waals surface area contributed by atoms with Crippen molar-refractivity contribution in [3.63, 3.8) is 0 Å². The zero-order valence-electron chi connectivity index (χ0n) is 12.5. The van der Waals surface area contributed by atoms with Crippen LogP contribution in [-0.2, 0) is 14.3 Å². The highest BCUT2D eigenvalue weighted by atomic mass is 32.2. The maximum Gasteiger partial charge on any atom is 0.326 e. The summed E-state index contributed by atoms with van der Waals surface area (Å²) < 4.78 is 4.95. The molecule has 2 amide bonds. The van der Waals surface area contributed by atoms with Crippen molar-refractivity contribution in [1.82, 2.24) is 9.88 Å². The van der Waals surface area contributed by atoms with Crippen molar-refractivity contribution in [3.05, 3.63) is 34.5 Å². The molecule has 0 spiro atoms. The van der Waals surface area contributed by atoms with Gasteiger partial charge in [0.15, 0.2) is 0 Å². The Morgan fingerprint density at radius 1 is 1.41 bits per heavy atom. The summed E-state index contributed by atoms with van der Waals surface area (Å²) in [5.74, 6) is -1.11. The van der Waals surface area contributed by atoms with Crippen LogP contribution in [0.2, 0.25) is 0 Å². The van der Waals surface area contributed by atoms with Gasteiger partial charge in [-0.25, -0.2) is 0 Å². The monoisotopic (exact) mass is 320 g/mol. The molecule has 0 bridgehead atoms. The number of ether oxygens (including phenoxy) is 1. The number of amides is 2.